The van der Waals surface area contributed by atoms with Crippen molar-refractivity contribution in [2.45, 2.75) is 39.7 Å². The van der Waals surface area contributed by atoms with Crippen molar-refractivity contribution in [3.63, 3.8) is 0 Å². The summed E-state index contributed by atoms with van der Waals surface area (Å²) in [5.41, 5.74) is 7.12. The lowest BCUT2D eigenvalue weighted by Gasteiger charge is -2.62. The van der Waals surface area contributed by atoms with E-state index in [0.29, 0.717) is 22.9 Å². The first-order chi connectivity index (χ1) is 16.9. The zero-order valence-corrected chi connectivity index (χ0v) is 21.0. The Morgan fingerprint density at radius 2 is 1.86 bits per heavy atom. The number of aromatic nitrogens is 6. The third kappa shape index (κ3) is 3.56. The second kappa shape index (κ2) is 8.05. The van der Waals surface area contributed by atoms with Gasteiger partial charge >= 0.3 is 0 Å². The van der Waals surface area contributed by atoms with Gasteiger partial charge in [-0.05, 0) is 38.0 Å². The quantitative estimate of drug-likeness (QED) is 0.456. The van der Waals surface area contributed by atoms with Crippen LogP contribution in [0.4, 0.5) is 5.69 Å². The van der Waals surface area contributed by atoms with E-state index < -0.39 is 0 Å². The van der Waals surface area contributed by atoms with E-state index in [2.05, 4.69) is 64.8 Å². The Morgan fingerprint density at radius 1 is 1.06 bits per heavy atom. The first-order valence-corrected chi connectivity index (χ1v) is 12.3. The number of nitrogens with zero attached hydrogens (tertiary/aromatic N) is 7. The van der Waals surface area contributed by atoms with Crippen molar-refractivity contribution in [3.8, 4) is 28.4 Å². The van der Waals surface area contributed by atoms with Gasteiger partial charge in [0.2, 0.25) is 0 Å². The lowest BCUT2D eigenvalue weighted by molar-refractivity contribution is -0.0411. The first kappa shape index (κ1) is 22.0. The van der Waals surface area contributed by atoms with E-state index in [9.17, 15) is 0 Å². The van der Waals surface area contributed by atoms with Crippen molar-refractivity contribution in [1.29, 1.82) is 0 Å². The minimum absolute atomic E-state index is 0.246. The molecule has 9 nitrogen and oxygen atoms in total. The Balaban J connectivity index is 1.26. The van der Waals surface area contributed by atoms with Crippen LogP contribution in [0, 0.1) is 5.41 Å². The number of aromatic amines is 1. The van der Waals surface area contributed by atoms with E-state index in [4.69, 9.17) is 14.8 Å². The van der Waals surface area contributed by atoms with Gasteiger partial charge in [-0.3, -0.25) is 15.0 Å². The number of hydrogen-bond acceptors (Lipinski definition) is 7. The maximum atomic E-state index is 5.55. The van der Waals surface area contributed by atoms with E-state index in [-0.39, 0.29) is 5.92 Å². The molecule has 6 rings (SSSR count). The number of ether oxygens (including phenoxy) is 1. The van der Waals surface area contributed by atoms with Gasteiger partial charge in [-0.15, -0.1) is 0 Å². The van der Waals surface area contributed by atoms with Crippen LogP contribution >= 0.6 is 0 Å². The normalized spacial score (nSPS) is 17.4. The predicted octanol–water partition coefficient (Wildman–Crippen LogP) is 3.84. The summed E-state index contributed by atoms with van der Waals surface area (Å²) in [4.78, 5) is 14.1. The van der Waals surface area contributed by atoms with Gasteiger partial charge < -0.3 is 9.64 Å². The van der Waals surface area contributed by atoms with Crippen LogP contribution in [0.1, 0.15) is 39.2 Å². The Labute approximate surface area is 205 Å². The second-order valence-corrected chi connectivity index (χ2v) is 10.6. The number of nitrogens with one attached hydrogen (secondary N) is 1. The number of rotatable bonds is 6. The highest BCUT2D eigenvalue weighted by molar-refractivity contribution is 5.75. The van der Waals surface area contributed by atoms with Crippen molar-refractivity contribution < 1.29 is 4.74 Å². The van der Waals surface area contributed by atoms with Crippen LogP contribution in [-0.4, -0.2) is 74.0 Å². The van der Waals surface area contributed by atoms with Crippen LogP contribution < -0.4 is 9.64 Å². The summed E-state index contributed by atoms with van der Waals surface area (Å²) in [7, 11) is 1.64. The van der Waals surface area contributed by atoms with Gasteiger partial charge in [0, 0.05) is 55.0 Å². The van der Waals surface area contributed by atoms with Gasteiger partial charge in [0.05, 0.1) is 36.1 Å². The number of anilines is 1. The van der Waals surface area contributed by atoms with Gasteiger partial charge in [0.25, 0.3) is 0 Å². The molecule has 0 saturated carbocycles. The SMILES string of the molecule is COc1cc(-c2n[nH]c(-c3ccc(N4CC5(C4)CN(C(C)C)C5)cn3)c2C(C)C)cn2ncnc12. The van der Waals surface area contributed by atoms with Crippen molar-refractivity contribution in [3.05, 3.63) is 42.5 Å². The lowest BCUT2D eigenvalue weighted by Crippen LogP contribution is -2.73. The van der Waals surface area contributed by atoms with Crippen molar-refractivity contribution >= 4 is 11.3 Å². The molecular formula is C26H32N8O. The summed E-state index contributed by atoms with van der Waals surface area (Å²) >= 11 is 0. The molecule has 0 aromatic carbocycles. The molecule has 35 heavy (non-hydrogen) atoms. The fourth-order valence-electron chi connectivity index (χ4n) is 5.55. The molecule has 2 aliphatic heterocycles. The number of hydrogen-bond donors (Lipinski definition) is 1. The maximum absolute atomic E-state index is 5.55. The molecule has 4 aromatic rings. The van der Waals surface area contributed by atoms with E-state index in [1.165, 1.54) is 25.1 Å². The smallest absolute Gasteiger partial charge is 0.197 e. The Morgan fingerprint density at radius 3 is 2.51 bits per heavy atom. The van der Waals surface area contributed by atoms with Crippen LogP contribution in [0.25, 0.3) is 28.3 Å². The predicted molar refractivity (Wildman–Crippen MR) is 136 cm³/mol. The van der Waals surface area contributed by atoms with Gasteiger partial charge in [0.1, 0.15) is 6.33 Å². The fourth-order valence-corrected chi connectivity index (χ4v) is 5.55. The summed E-state index contributed by atoms with van der Waals surface area (Å²) in [6.45, 7) is 13.6. The van der Waals surface area contributed by atoms with Gasteiger partial charge in [-0.25, -0.2) is 9.50 Å². The third-order valence-electron chi connectivity index (χ3n) is 7.45. The molecule has 0 aliphatic carbocycles. The molecule has 0 unspecified atom stereocenters. The van der Waals surface area contributed by atoms with E-state index in [0.717, 1.165) is 41.3 Å². The van der Waals surface area contributed by atoms with Crippen LogP contribution in [-0.2, 0) is 0 Å². The van der Waals surface area contributed by atoms with Crippen molar-refractivity contribution in [2.24, 2.45) is 5.41 Å². The second-order valence-electron chi connectivity index (χ2n) is 10.6. The highest BCUT2D eigenvalue weighted by Gasteiger charge is 2.52. The maximum Gasteiger partial charge on any atom is 0.197 e. The molecule has 1 N–H and O–H groups in total. The molecule has 0 bridgehead atoms. The van der Waals surface area contributed by atoms with E-state index in [1.54, 1.807) is 11.6 Å². The zero-order chi connectivity index (χ0) is 24.3. The van der Waals surface area contributed by atoms with Crippen molar-refractivity contribution in [1.82, 2.24) is 34.7 Å². The van der Waals surface area contributed by atoms with Crippen LogP contribution in [0.3, 0.4) is 0 Å². The summed E-state index contributed by atoms with van der Waals surface area (Å²) in [5.74, 6) is 0.910. The monoisotopic (exact) mass is 472 g/mol. The highest BCUT2D eigenvalue weighted by atomic mass is 16.5. The fraction of sp³-hybridized carbons (Fsp3) is 0.462. The highest BCUT2D eigenvalue weighted by Crippen LogP contribution is 2.43. The molecule has 6 heterocycles. The summed E-state index contributed by atoms with van der Waals surface area (Å²) < 4.78 is 7.28. The molecule has 0 radical (unpaired) electrons. The third-order valence-corrected chi connectivity index (χ3v) is 7.45. The Kier molecular flexibility index (Phi) is 5.07. The average molecular weight is 473 g/mol. The van der Waals surface area contributed by atoms with Gasteiger partial charge in [-0.1, -0.05) is 13.8 Å². The lowest BCUT2D eigenvalue weighted by atomic mass is 9.72. The largest absolute Gasteiger partial charge is 0.493 e. The molecule has 2 aliphatic rings. The standard InChI is InChI=1S/C26H32N8O/c1-16(2)22-23(18-8-21(35-5)25-28-15-29-34(25)10-18)30-31-24(22)20-7-6-19(9-27-20)33-13-26(14-33)11-32(12-26)17(3)4/h6-10,15-17H,11-14H2,1-5H3,(H,30,31). The minimum atomic E-state index is 0.246. The van der Waals surface area contributed by atoms with Crippen LogP contribution in [0.2, 0.25) is 0 Å². The number of fused-ring (bicyclic) bond motifs is 1. The van der Waals surface area contributed by atoms with E-state index >= 15 is 0 Å². The number of pyridine rings is 2. The number of methoxy groups -OCH3 is 1. The summed E-state index contributed by atoms with van der Waals surface area (Å²) in [6, 6.07) is 6.89. The van der Waals surface area contributed by atoms with Crippen LogP contribution in [0.15, 0.2) is 36.9 Å². The van der Waals surface area contributed by atoms with Gasteiger partial charge in [0.15, 0.2) is 11.4 Å². The molecule has 1 spiro atoms. The summed E-state index contributed by atoms with van der Waals surface area (Å²) in [6.07, 6.45) is 5.46. The topological polar surface area (TPSA) is 87.5 Å². The molecule has 0 atom stereocenters. The van der Waals surface area contributed by atoms with Crippen LogP contribution in [0.5, 0.6) is 5.75 Å². The molecule has 9 heteroatoms. The Bertz CT molecular complexity index is 1360. The van der Waals surface area contributed by atoms with Crippen molar-refractivity contribution in [2.75, 3.05) is 38.2 Å². The minimum Gasteiger partial charge on any atom is -0.493 e. The first-order valence-electron chi connectivity index (χ1n) is 12.3. The average Bonchev–Trinajstić information content (AvgIpc) is 3.44. The molecule has 4 aromatic heterocycles. The number of likely N-dealkylation sites (tertiary alicyclic amines) is 1. The molecule has 0 amide bonds. The number of H-pyrrole nitrogens is 1. The Hall–Kier alpha value is -3.46. The molecule has 2 saturated heterocycles. The van der Waals surface area contributed by atoms with E-state index in [1.807, 2.05) is 18.5 Å². The molecule has 2 fully saturated rings. The molecular weight excluding hydrogens is 440 g/mol. The summed E-state index contributed by atoms with van der Waals surface area (Å²) in [5, 5.41) is 12.2. The zero-order valence-electron chi connectivity index (χ0n) is 21.0. The van der Waals surface area contributed by atoms with Gasteiger partial charge in [-0.2, -0.15) is 10.2 Å². The molecule has 182 valence electrons.